The molecule has 0 saturated carbocycles. The lowest BCUT2D eigenvalue weighted by Gasteiger charge is -2.16. The van der Waals surface area contributed by atoms with Gasteiger partial charge < -0.3 is 24.9 Å². The lowest BCUT2D eigenvalue weighted by Crippen LogP contribution is -2.47. The minimum absolute atomic E-state index is 0.0359. The Labute approximate surface area is 172 Å². The molecular weight excluding hydrogens is 388 g/mol. The lowest BCUT2D eigenvalue weighted by atomic mass is 10.0. The number of amides is 2. The van der Waals surface area contributed by atoms with Crippen molar-refractivity contribution in [2.75, 3.05) is 13.7 Å². The molecule has 0 spiro atoms. The van der Waals surface area contributed by atoms with Crippen LogP contribution in [0.4, 0.5) is 0 Å². The Morgan fingerprint density at radius 1 is 1.13 bits per heavy atom. The Kier molecular flexibility index (Phi) is 6.82. The summed E-state index contributed by atoms with van der Waals surface area (Å²) in [6.07, 6.45) is 0.0359. The summed E-state index contributed by atoms with van der Waals surface area (Å²) in [5.41, 5.74) is 6.66. The minimum atomic E-state index is -1.01. The molecule has 0 fully saturated rings. The van der Waals surface area contributed by atoms with Crippen LogP contribution in [0, 0.1) is 0 Å². The molecule has 1 aromatic heterocycles. The molecule has 0 saturated heterocycles. The van der Waals surface area contributed by atoms with Gasteiger partial charge >= 0.3 is 5.63 Å². The third-order valence-corrected chi connectivity index (χ3v) is 4.48. The molecule has 8 heteroatoms. The van der Waals surface area contributed by atoms with Crippen LogP contribution in [0.1, 0.15) is 11.1 Å². The third-order valence-electron chi connectivity index (χ3n) is 4.48. The molecule has 156 valence electrons. The number of nitrogens with two attached hydrogens (primary N) is 1. The summed E-state index contributed by atoms with van der Waals surface area (Å²) in [4.78, 5) is 36.0. The monoisotopic (exact) mass is 410 g/mol. The molecule has 1 atom stereocenters. The van der Waals surface area contributed by atoms with E-state index in [1.807, 2.05) is 30.3 Å². The average molecular weight is 410 g/mol. The van der Waals surface area contributed by atoms with Gasteiger partial charge in [-0.25, -0.2) is 4.79 Å². The van der Waals surface area contributed by atoms with E-state index >= 15 is 0 Å². The van der Waals surface area contributed by atoms with Crippen molar-refractivity contribution in [2.45, 2.75) is 19.1 Å². The van der Waals surface area contributed by atoms with E-state index in [0.29, 0.717) is 22.3 Å². The second-order valence-electron chi connectivity index (χ2n) is 6.66. The predicted octanol–water partition coefficient (Wildman–Crippen LogP) is 1.53. The van der Waals surface area contributed by atoms with E-state index in [1.165, 1.54) is 13.2 Å². The molecule has 8 nitrogen and oxygen atoms in total. The maximum absolute atomic E-state index is 12.2. The summed E-state index contributed by atoms with van der Waals surface area (Å²) < 4.78 is 15.7. The third kappa shape index (κ3) is 5.45. The smallest absolute Gasteiger partial charge is 0.336 e. The highest BCUT2D eigenvalue weighted by molar-refractivity contribution is 5.88. The summed E-state index contributed by atoms with van der Waals surface area (Å²) in [5, 5.41) is 3.18. The molecule has 0 bridgehead atoms. The van der Waals surface area contributed by atoms with Crippen LogP contribution in [-0.2, 0) is 27.4 Å². The molecular formula is C22H22N2O6. The molecule has 0 aliphatic carbocycles. The maximum Gasteiger partial charge on any atom is 0.336 e. The molecule has 3 aromatic rings. The molecule has 0 aliphatic heterocycles. The Hall–Kier alpha value is -3.65. The molecule has 0 unspecified atom stereocenters. The Morgan fingerprint density at radius 3 is 2.60 bits per heavy atom. The number of carbonyl (C=O) groups is 2. The van der Waals surface area contributed by atoms with Gasteiger partial charge in [0, 0.05) is 23.9 Å². The fourth-order valence-electron chi connectivity index (χ4n) is 3.02. The summed E-state index contributed by atoms with van der Waals surface area (Å²) in [5.74, 6) is -0.678. The van der Waals surface area contributed by atoms with Gasteiger partial charge in [0.2, 0.25) is 11.8 Å². The van der Waals surface area contributed by atoms with Crippen molar-refractivity contribution < 1.29 is 23.5 Å². The zero-order valence-electron chi connectivity index (χ0n) is 16.4. The Morgan fingerprint density at radius 2 is 1.90 bits per heavy atom. The van der Waals surface area contributed by atoms with Gasteiger partial charge in [-0.3, -0.25) is 9.59 Å². The summed E-state index contributed by atoms with van der Waals surface area (Å²) in [7, 11) is 1.50. The number of fused-ring (bicyclic) bond motifs is 1. The predicted molar refractivity (Wildman–Crippen MR) is 110 cm³/mol. The molecule has 2 aromatic carbocycles. The number of nitrogens with one attached hydrogen (secondary N) is 1. The first-order valence-electron chi connectivity index (χ1n) is 9.27. The van der Waals surface area contributed by atoms with Crippen molar-refractivity contribution >= 4 is 22.8 Å². The SMILES string of the molecule is COc1ccc2c(C[C@H](NC(=O)COCc3ccccc3)C(N)=O)cc(=O)oc2c1. The first kappa shape index (κ1) is 21.1. The first-order valence-corrected chi connectivity index (χ1v) is 9.27. The largest absolute Gasteiger partial charge is 0.497 e. The zero-order valence-corrected chi connectivity index (χ0v) is 16.4. The van der Waals surface area contributed by atoms with Crippen molar-refractivity contribution in [2.24, 2.45) is 5.73 Å². The summed E-state index contributed by atoms with van der Waals surface area (Å²) in [6.45, 7) is 0.0370. The van der Waals surface area contributed by atoms with Gasteiger partial charge in [0.05, 0.1) is 13.7 Å². The summed E-state index contributed by atoms with van der Waals surface area (Å²) >= 11 is 0. The highest BCUT2D eigenvalue weighted by Crippen LogP contribution is 2.23. The summed E-state index contributed by atoms with van der Waals surface area (Å²) in [6, 6.07) is 14.7. The van der Waals surface area contributed by atoms with Crippen molar-refractivity contribution in [3.63, 3.8) is 0 Å². The van der Waals surface area contributed by atoms with Crippen LogP contribution in [0.3, 0.4) is 0 Å². The highest BCUT2D eigenvalue weighted by Gasteiger charge is 2.21. The van der Waals surface area contributed by atoms with E-state index < -0.39 is 23.5 Å². The van der Waals surface area contributed by atoms with Crippen LogP contribution >= 0.6 is 0 Å². The van der Waals surface area contributed by atoms with Gasteiger partial charge in [0.25, 0.3) is 0 Å². The fraction of sp³-hybridized carbons (Fsp3) is 0.227. The number of carbonyl (C=O) groups excluding carboxylic acids is 2. The van der Waals surface area contributed by atoms with E-state index in [-0.39, 0.29) is 19.6 Å². The fourth-order valence-corrected chi connectivity index (χ4v) is 3.02. The standard InChI is InChI=1S/C22H22N2O6/c1-28-16-7-8-17-15(10-21(26)30-19(17)11-16)9-18(22(23)27)24-20(25)13-29-12-14-5-3-2-4-6-14/h2-8,10-11,18H,9,12-13H2,1H3,(H2,23,27)(H,24,25)/t18-/m0/s1. The van der Waals surface area contributed by atoms with Crippen LogP contribution in [0.15, 0.2) is 63.8 Å². The second kappa shape index (κ2) is 9.71. The molecule has 3 rings (SSSR count). The minimum Gasteiger partial charge on any atom is -0.497 e. The van der Waals surface area contributed by atoms with E-state index in [0.717, 1.165) is 5.56 Å². The van der Waals surface area contributed by atoms with Gasteiger partial charge in [0.1, 0.15) is 24.0 Å². The number of ether oxygens (including phenoxy) is 2. The number of hydrogen-bond donors (Lipinski definition) is 2. The Bertz CT molecular complexity index is 1090. The number of benzene rings is 2. The second-order valence-corrected chi connectivity index (χ2v) is 6.66. The Balaban J connectivity index is 1.69. The van der Waals surface area contributed by atoms with Crippen LogP contribution in [0.25, 0.3) is 11.0 Å². The average Bonchev–Trinajstić information content (AvgIpc) is 2.73. The maximum atomic E-state index is 12.2. The first-order chi connectivity index (χ1) is 14.5. The van der Waals surface area contributed by atoms with E-state index in [4.69, 9.17) is 19.6 Å². The van der Waals surface area contributed by atoms with Gasteiger partial charge in [-0.2, -0.15) is 0 Å². The van der Waals surface area contributed by atoms with Crippen LogP contribution in [-0.4, -0.2) is 31.6 Å². The number of rotatable bonds is 9. The van der Waals surface area contributed by atoms with Gasteiger partial charge in [-0.1, -0.05) is 30.3 Å². The molecule has 2 amide bonds. The van der Waals surface area contributed by atoms with Gasteiger partial charge in [-0.05, 0) is 23.3 Å². The lowest BCUT2D eigenvalue weighted by molar-refractivity contribution is -0.130. The van der Waals surface area contributed by atoms with Crippen molar-refractivity contribution in [1.29, 1.82) is 0 Å². The number of primary amides is 1. The molecule has 3 N–H and O–H groups in total. The number of hydrogen-bond acceptors (Lipinski definition) is 6. The van der Waals surface area contributed by atoms with Crippen LogP contribution < -0.4 is 21.4 Å². The topological polar surface area (TPSA) is 121 Å². The van der Waals surface area contributed by atoms with E-state index in [1.54, 1.807) is 18.2 Å². The van der Waals surface area contributed by atoms with Crippen LogP contribution in [0.5, 0.6) is 5.75 Å². The van der Waals surface area contributed by atoms with Gasteiger partial charge in [-0.15, -0.1) is 0 Å². The normalized spacial score (nSPS) is 11.8. The highest BCUT2D eigenvalue weighted by atomic mass is 16.5. The van der Waals surface area contributed by atoms with E-state index in [2.05, 4.69) is 5.32 Å². The molecule has 30 heavy (non-hydrogen) atoms. The van der Waals surface area contributed by atoms with Crippen LogP contribution in [0.2, 0.25) is 0 Å². The van der Waals surface area contributed by atoms with Crippen molar-refractivity contribution in [3.05, 3.63) is 76.1 Å². The van der Waals surface area contributed by atoms with Gasteiger partial charge in [0.15, 0.2) is 0 Å². The zero-order chi connectivity index (χ0) is 21.5. The molecule has 0 aliphatic rings. The van der Waals surface area contributed by atoms with Crippen molar-refractivity contribution in [3.8, 4) is 5.75 Å². The van der Waals surface area contributed by atoms with E-state index in [9.17, 15) is 14.4 Å². The number of methoxy groups -OCH3 is 1. The quantitative estimate of drug-likeness (QED) is 0.516. The molecule has 0 radical (unpaired) electrons. The van der Waals surface area contributed by atoms with Crippen molar-refractivity contribution in [1.82, 2.24) is 5.32 Å². The molecule has 1 heterocycles.